The van der Waals surface area contributed by atoms with Crippen LogP contribution in [0.2, 0.25) is 0 Å². The Morgan fingerprint density at radius 1 is 1.47 bits per heavy atom. The average Bonchev–Trinajstić information content (AvgIpc) is 2.25. The smallest absolute Gasteiger partial charge is 0.329 e. The molecule has 3 nitrogen and oxygen atoms in total. The Hall–Kier alpha value is -0.990. The van der Waals surface area contributed by atoms with Crippen molar-refractivity contribution in [1.29, 1.82) is 0 Å². The van der Waals surface area contributed by atoms with Crippen LogP contribution in [-0.2, 0) is 4.79 Å². The highest BCUT2D eigenvalue weighted by atomic mass is 16.4. The van der Waals surface area contributed by atoms with Gasteiger partial charge in [-0.2, -0.15) is 0 Å². The van der Waals surface area contributed by atoms with Gasteiger partial charge < -0.3 is 10.4 Å². The van der Waals surface area contributed by atoms with Gasteiger partial charge in [-0.05, 0) is 25.2 Å². The molecule has 2 N–H and O–H groups in total. The van der Waals surface area contributed by atoms with Gasteiger partial charge in [0.1, 0.15) is 0 Å². The standard InChI is InChI=1S/C12H21NO2/c1-2-11(13-9-8-12(14)15)10-6-4-3-5-7-10/h8-11,13H,2-7H2,1H3,(H,14,15)/b9-8+. The molecule has 1 aliphatic carbocycles. The molecule has 0 radical (unpaired) electrons. The summed E-state index contributed by atoms with van der Waals surface area (Å²) in [6, 6.07) is 0.445. The van der Waals surface area contributed by atoms with Crippen molar-refractivity contribution in [2.75, 3.05) is 0 Å². The van der Waals surface area contributed by atoms with Crippen molar-refractivity contribution in [3.8, 4) is 0 Å². The first kappa shape index (κ1) is 12.1. The Kier molecular flexibility index (Phi) is 5.22. The van der Waals surface area contributed by atoms with Crippen molar-refractivity contribution in [3.05, 3.63) is 12.3 Å². The molecular weight excluding hydrogens is 190 g/mol. The predicted molar refractivity (Wildman–Crippen MR) is 60.6 cm³/mol. The summed E-state index contributed by atoms with van der Waals surface area (Å²) in [6.45, 7) is 2.15. The van der Waals surface area contributed by atoms with Gasteiger partial charge in [-0.15, -0.1) is 0 Å². The van der Waals surface area contributed by atoms with E-state index in [9.17, 15) is 4.79 Å². The molecule has 0 amide bonds. The molecule has 0 aliphatic heterocycles. The normalized spacial score (nSPS) is 20.3. The fourth-order valence-electron chi connectivity index (χ4n) is 2.37. The number of nitrogens with one attached hydrogen (secondary N) is 1. The van der Waals surface area contributed by atoms with Crippen LogP contribution < -0.4 is 5.32 Å². The van der Waals surface area contributed by atoms with Gasteiger partial charge in [0.2, 0.25) is 0 Å². The number of carboxylic acid groups (broad SMARTS) is 1. The molecule has 0 saturated heterocycles. The maximum absolute atomic E-state index is 10.3. The van der Waals surface area contributed by atoms with Crippen molar-refractivity contribution in [2.24, 2.45) is 5.92 Å². The molecule has 0 aromatic heterocycles. The summed E-state index contributed by atoms with van der Waals surface area (Å²) in [5, 5.41) is 11.7. The number of aliphatic carboxylic acids is 1. The Balaban J connectivity index is 2.36. The average molecular weight is 211 g/mol. The van der Waals surface area contributed by atoms with Gasteiger partial charge >= 0.3 is 5.97 Å². The molecule has 1 saturated carbocycles. The molecule has 1 fully saturated rings. The van der Waals surface area contributed by atoms with Crippen LogP contribution >= 0.6 is 0 Å². The van der Waals surface area contributed by atoms with E-state index in [1.54, 1.807) is 6.20 Å². The second-order valence-corrected chi connectivity index (χ2v) is 4.25. The molecule has 86 valence electrons. The summed E-state index contributed by atoms with van der Waals surface area (Å²) < 4.78 is 0. The minimum absolute atomic E-state index is 0.445. The molecular formula is C12H21NO2. The number of carboxylic acids is 1. The molecule has 1 rings (SSSR count). The van der Waals surface area contributed by atoms with Gasteiger partial charge in [-0.3, -0.25) is 0 Å². The molecule has 3 heteroatoms. The zero-order chi connectivity index (χ0) is 11.1. The monoisotopic (exact) mass is 211 g/mol. The van der Waals surface area contributed by atoms with Gasteiger partial charge in [0.05, 0.1) is 0 Å². The summed E-state index contributed by atoms with van der Waals surface area (Å²) >= 11 is 0. The summed E-state index contributed by atoms with van der Waals surface area (Å²) in [5.41, 5.74) is 0. The zero-order valence-electron chi connectivity index (χ0n) is 9.41. The minimum atomic E-state index is -0.888. The van der Waals surface area contributed by atoms with Crippen molar-refractivity contribution in [2.45, 2.75) is 51.5 Å². The van der Waals surface area contributed by atoms with E-state index in [0.29, 0.717) is 6.04 Å². The highest BCUT2D eigenvalue weighted by molar-refractivity contribution is 5.79. The van der Waals surface area contributed by atoms with E-state index in [-0.39, 0.29) is 0 Å². The van der Waals surface area contributed by atoms with Gasteiger partial charge in [0, 0.05) is 18.3 Å². The second-order valence-electron chi connectivity index (χ2n) is 4.25. The second kappa shape index (κ2) is 6.49. The molecule has 0 spiro atoms. The third kappa shape index (κ3) is 4.36. The topological polar surface area (TPSA) is 49.3 Å². The predicted octanol–water partition coefficient (Wildman–Crippen LogP) is 2.53. The SMILES string of the molecule is CCC(N/C=C/C(=O)O)C1CCCCC1. The lowest BCUT2D eigenvalue weighted by molar-refractivity contribution is -0.131. The van der Waals surface area contributed by atoms with Gasteiger partial charge in [-0.1, -0.05) is 26.2 Å². The molecule has 1 unspecified atom stereocenters. The van der Waals surface area contributed by atoms with Crippen LogP contribution in [0.3, 0.4) is 0 Å². The Morgan fingerprint density at radius 2 is 2.13 bits per heavy atom. The van der Waals surface area contributed by atoms with E-state index in [4.69, 9.17) is 5.11 Å². The van der Waals surface area contributed by atoms with Crippen LogP contribution in [0.25, 0.3) is 0 Å². The first-order valence-corrected chi connectivity index (χ1v) is 5.89. The molecule has 15 heavy (non-hydrogen) atoms. The first-order chi connectivity index (χ1) is 7.24. The van der Waals surface area contributed by atoms with Crippen LogP contribution in [-0.4, -0.2) is 17.1 Å². The zero-order valence-corrected chi connectivity index (χ0v) is 9.41. The fourth-order valence-corrected chi connectivity index (χ4v) is 2.37. The summed E-state index contributed by atoms with van der Waals surface area (Å²) in [4.78, 5) is 10.3. The quantitative estimate of drug-likeness (QED) is 0.687. The number of hydrogen-bond acceptors (Lipinski definition) is 2. The van der Waals surface area contributed by atoms with Crippen LogP contribution in [0.4, 0.5) is 0 Å². The highest BCUT2D eigenvalue weighted by Gasteiger charge is 2.20. The lowest BCUT2D eigenvalue weighted by atomic mass is 9.83. The Bertz CT molecular complexity index is 220. The van der Waals surface area contributed by atoms with E-state index in [2.05, 4.69) is 12.2 Å². The van der Waals surface area contributed by atoms with Crippen molar-refractivity contribution >= 4 is 5.97 Å². The molecule has 0 heterocycles. The number of hydrogen-bond donors (Lipinski definition) is 2. The minimum Gasteiger partial charge on any atom is -0.478 e. The number of rotatable bonds is 5. The van der Waals surface area contributed by atoms with Crippen molar-refractivity contribution < 1.29 is 9.90 Å². The van der Waals surface area contributed by atoms with Crippen LogP contribution in [0, 0.1) is 5.92 Å². The van der Waals surface area contributed by atoms with Gasteiger partial charge in [0.15, 0.2) is 0 Å². The lowest BCUT2D eigenvalue weighted by Crippen LogP contribution is -2.33. The highest BCUT2D eigenvalue weighted by Crippen LogP contribution is 2.27. The molecule has 0 aromatic carbocycles. The van der Waals surface area contributed by atoms with E-state index >= 15 is 0 Å². The maximum atomic E-state index is 10.3. The fraction of sp³-hybridized carbons (Fsp3) is 0.750. The summed E-state index contributed by atoms with van der Waals surface area (Å²) in [7, 11) is 0. The van der Waals surface area contributed by atoms with Crippen LogP contribution in [0.5, 0.6) is 0 Å². The van der Waals surface area contributed by atoms with Crippen molar-refractivity contribution in [3.63, 3.8) is 0 Å². The summed E-state index contributed by atoms with van der Waals surface area (Å²) in [5.74, 6) is -0.164. The van der Waals surface area contributed by atoms with E-state index in [0.717, 1.165) is 12.3 Å². The third-order valence-corrected chi connectivity index (χ3v) is 3.19. The van der Waals surface area contributed by atoms with E-state index in [1.165, 1.54) is 38.2 Å². The van der Waals surface area contributed by atoms with E-state index < -0.39 is 5.97 Å². The molecule has 0 bridgehead atoms. The Morgan fingerprint density at radius 3 is 2.67 bits per heavy atom. The third-order valence-electron chi connectivity index (χ3n) is 3.19. The first-order valence-electron chi connectivity index (χ1n) is 5.89. The maximum Gasteiger partial charge on any atom is 0.329 e. The molecule has 1 atom stereocenters. The van der Waals surface area contributed by atoms with Crippen LogP contribution in [0.1, 0.15) is 45.4 Å². The van der Waals surface area contributed by atoms with E-state index in [1.807, 2.05) is 0 Å². The Labute approximate surface area is 91.6 Å². The van der Waals surface area contributed by atoms with Crippen molar-refractivity contribution in [1.82, 2.24) is 5.32 Å². The largest absolute Gasteiger partial charge is 0.478 e. The van der Waals surface area contributed by atoms with Gasteiger partial charge in [0.25, 0.3) is 0 Å². The van der Waals surface area contributed by atoms with Gasteiger partial charge in [-0.25, -0.2) is 4.79 Å². The van der Waals surface area contributed by atoms with Crippen LogP contribution in [0.15, 0.2) is 12.3 Å². The molecule has 0 aromatic rings. The lowest BCUT2D eigenvalue weighted by Gasteiger charge is -2.29. The summed E-state index contributed by atoms with van der Waals surface area (Å²) in [6.07, 6.45) is 10.4. The molecule has 1 aliphatic rings. The number of carbonyl (C=O) groups is 1.